The third-order valence-corrected chi connectivity index (χ3v) is 6.93. The van der Waals surface area contributed by atoms with Crippen molar-refractivity contribution < 1.29 is 13.9 Å². The van der Waals surface area contributed by atoms with Crippen LogP contribution in [0.15, 0.2) is 72.8 Å². The summed E-state index contributed by atoms with van der Waals surface area (Å²) in [4.78, 5) is 17.5. The first kappa shape index (κ1) is 21.5. The topological polar surface area (TPSA) is 44.8 Å². The van der Waals surface area contributed by atoms with E-state index in [-0.39, 0.29) is 17.3 Å². The highest BCUT2D eigenvalue weighted by atomic mass is 19.1. The number of nitrogens with zero attached hydrogens (tertiary/aromatic N) is 2. The van der Waals surface area contributed by atoms with Gasteiger partial charge in [0.1, 0.15) is 11.6 Å². The molecule has 3 aromatic rings. The number of para-hydroxylation sites is 1. The largest absolute Gasteiger partial charge is 0.497 e. The monoisotopic (exact) mass is 445 g/mol. The first-order valence-electron chi connectivity index (χ1n) is 11.4. The molecule has 0 aliphatic carbocycles. The maximum Gasteiger partial charge on any atom is 0.326 e. The lowest BCUT2D eigenvalue weighted by molar-refractivity contribution is 0.160. The minimum Gasteiger partial charge on any atom is -0.497 e. The SMILES string of the molecule is COc1ccc2c(c1)C1(CCN(Cc3ccc(F)cc3)CC1)CN2C(=O)Nc1ccccc1. The Labute approximate surface area is 193 Å². The lowest BCUT2D eigenvalue weighted by atomic mass is 9.74. The number of amides is 2. The van der Waals surface area contributed by atoms with Crippen LogP contribution in [0.2, 0.25) is 0 Å². The van der Waals surface area contributed by atoms with Crippen LogP contribution in [0, 0.1) is 5.82 Å². The molecule has 6 heteroatoms. The number of halogens is 1. The van der Waals surface area contributed by atoms with Crippen molar-refractivity contribution in [3.63, 3.8) is 0 Å². The third kappa shape index (κ3) is 4.31. The van der Waals surface area contributed by atoms with E-state index in [0.29, 0.717) is 6.54 Å². The molecule has 1 spiro atoms. The zero-order valence-electron chi connectivity index (χ0n) is 18.8. The number of benzene rings is 3. The van der Waals surface area contributed by atoms with E-state index in [0.717, 1.165) is 55.2 Å². The number of carbonyl (C=O) groups excluding carboxylic acids is 1. The van der Waals surface area contributed by atoms with E-state index in [4.69, 9.17) is 4.74 Å². The zero-order chi connectivity index (χ0) is 22.8. The number of hydrogen-bond acceptors (Lipinski definition) is 3. The first-order valence-corrected chi connectivity index (χ1v) is 11.4. The van der Waals surface area contributed by atoms with Crippen LogP contribution < -0.4 is 15.0 Å². The van der Waals surface area contributed by atoms with E-state index in [1.807, 2.05) is 59.5 Å². The van der Waals surface area contributed by atoms with E-state index in [2.05, 4.69) is 16.3 Å². The second-order valence-corrected chi connectivity index (χ2v) is 8.95. The van der Waals surface area contributed by atoms with Gasteiger partial charge in [0.25, 0.3) is 0 Å². The molecule has 170 valence electrons. The van der Waals surface area contributed by atoms with Crippen LogP contribution in [-0.4, -0.2) is 37.7 Å². The van der Waals surface area contributed by atoms with E-state index in [1.54, 1.807) is 7.11 Å². The van der Waals surface area contributed by atoms with Crippen molar-refractivity contribution >= 4 is 17.4 Å². The molecule has 0 radical (unpaired) electrons. The highest BCUT2D eigenvalue weighted by Crippen LogP contribution is 2.48. The van der Waals surface area contributed by atoms with Crippen molar-refractivity contribution in [2.75, 3.05) is 37.0 Å². The molecule has 5 rings (SSSR count). The van der Waals surface area contributed by atoms with Crippen LogP contribution in [-0.2, 0) is 12.0 Å². The van der Waals surface area contributed by atoms with Crippen LogP contribution >= 0.6 is 0 Å². The number of carbonyl (C=O) groups is 1. The molecule has 33 heavy (non-hydrogen) atoms. The molecular formula is C27H28FN3O2. The van der Waals surface area contributed by atoms with Crippen molar-refractivity contribution in [2.45, 2.75) is 24.8 Å². The fraction of sp³-hybridized carbons (Fsp3) is 0.296. The van der Waals surface area contributed by atoms with Crippen molar-refractivity contribution in [3.05, 3.63) is 89.7 Å². The number of piperidine rings is 1. The molecule has 1 fully saturated rings. The van der Waals surface area contributed by atoms with Crippen LogP contribution in [0.25, 0.3) is 0 Å². The molecular weight excluding hydrogens is 417 g/mol. The van der Waals surface area contributed by atoms with Gasteiger partial charge in [-0.2, -0.15) is 0 Å². The highest BCUT2D eigenvalue weighted by molar-refractivity contribution is 6.03. The quantitative estimate of drug-likeness (QED) is 0.583. The minimum absolute atomic E-state index is 0.100. The number of urea groups is 1. The Kier molecular flexibility index (Phi) is 5.77. The average Bonchev–Trinajstić information content (AvgIpc) is 3.16. The van der Waals surface area contributed by atoms with E-state index in [1.165, 1.54) is 17.7 Å². The zero-order valence-corrected chi connectivity index (χ0v) is 18.8. The van der Waals surface area contributed by atoms with Gasteiger partial charge >= 0.3 is 6.03 Å². The number of ether oxygens (including phenoxy) is 1. The van der Waals surface area contributed by atoms with Gasteiger partial charge in [-0.3, -0.25) is 9.80 Å². The minimum atomic E-state index is -0.207. The van der Waals surface area contributed by atoms with Gasteiger partial charge in [-0.05, 0) is 79.5 Å². The molecule has 2 aliphatic rings. The Hall–Kier alpha value is -3.38. The Bertz CT molecular complexity index is 1130. The molecule has 0 saturated carbocycles. The number of methoxy groups -OCH3 is 1. The lowest BCUT2D eigenvalue weighted by Crippen LogP contribution is -2.46. The van der Waals surface area contributed by atoms with Crippen molar-refractivity contribution in [2.24, 2.45) is 0 Å². The molecule has 3 aromatic carbocycles. The summed E-state index contributed by atoms with van der Waals surface area (Å²) in [7, 11) is 1.68. The van der Waals surface area contributed by atoms with E-state index >= 15 is 0 Å². The summed E-state index contributed by atoms with van der Waals surface area (Å²) in [6.45, 7) is 3.29. The predicted octanol–water partition coefficient (Wildman–Crippen LogP) is 5.42. The molecule has 0 bridgehead atoms. The Morgan fingerprint density at radius 2 is 1.76 bits per heavy atom. The molecule has 2 heterocycles. The van der Waals surface area contributed by atoms with Gasteiger partial charge in [0, 0.05) is 29.9 Å². The van der Waals surface area contributed by atoms with Crippen LogP contribution in [0.1, 0.15) is 24.0 Å². The number of hydrogen-bond donors (Lipinski definition) is 1. The molecule has 0 unspecified atom stereocenters. The number of nitrogens with one attached hydrogen (secondary N) is 1. The Balaban J connectivity index is 1.35. The molecule has 5 nitrogen and oxygen atoms in total. The van der Waals surface area contributed by atoms with E-state index < -0.39 is 0 Å². The lowest BCUT2D eigenvalue weighted by Gasteiger charge is -2.40. The first-order chi connectivity index (χ1) is 16.1. The average molecular weight is 446 g/mol. The van der Waals surface area contributed by atoms with Crippen molar-refractivity contribution in [3.8, 4) is 5.75 Å². The molecule has 0 atom stereocenters. The normalized spacial score (nSPS) is 17.1. The molecule has 2 amide bonds. The van der Waals surface area contributed by atoms with E-state index in [9.17, 15) is 9.18 Å². The van der Waals surface area contributed by atoms with Crippen molar-refractivity contribution in [1.82, 2.24) is 4.90 Å². The molecule has 2 aliphatic heterocycles. The Morgan fingerprint density at radius 1 is 1.03 bits per heavy atom. The van der Waals surface area contributed by atoms with Crippen LogP contribution in [0.5, 0.6) is 5.75 Å². The van der Waals surface area contributed by atoms with Crippen LogP contribution in [0.4, 0.5) is 20.6 Å². The van der Waals surface area contributed by atoms with Gasteiger partial charge in [-0.25, -0.2) is 9.18 Å². The fourth-order valence-corrected chi connectivity index (χ4v) is 5.08. The second kappa shape index (κ2) is 8.87. The number of rotatable bonds is 4. The highest BCUT2D eigenvalue weighted by Gasteiger charge is 2.46. The molecule has 1 N–H and O–H groups in total. The fourth-order valence-electron chi connectivity index (χ4n) is 5.08. The van der Waals surface area contributed by atoms with Gasteiger partial charge < -0.3 is 10.1 Å². The summed E-state index contributed by atoms with van der Waals surface area (Å²) < 4.78 is 18.8. The van der Waals surface area contributed by atoms with Gasteiger partial charge in [0.05, 0.1) is 7.11 Å². The van der Waals surface area contributed by atoms with Gasteiger partial charge in [-0.1, -0.05) is 30.3 Å². The maximum atomic E-state index is 13.2. The summed E-state index contributed by atoms with van der Waals surface area (Å²) >= 11 is 0. The van der Waals surface area contributed by atoms with Gasteiger partial charge in [0.2, 0.25) is 0 Å². The van der Waals surface area contributed by atoms with Gasteiger partial charge in [0.15, 0.2) is 0 Å². The number of fused-ring (bicyclic) bond motifs is 2. The summed E-state index contributed by atoms with van der Waals surface area (Å²) in [5.74, 6) is 0.605. The second-order valence-electron chi connectivity index (χ2n) is 8.95. The third-order valence-electron chi connectivity index (χ3n) is 6.93. The van der Waals surface area contributed by atoms with Crippen LogP contribution in [0.3, 0.4) is 0 Å². The van der Waals surface area contributed by atoms with Crippen molar-refractivity contribution in [1.29, 1.82) is 0 Å². The summed E-state index contributed by atoms with van der Waals surface area (Å²) in [5, 5.41) is 3.04. The van der Waals surface area contributed by atoms with Gasteiger partial charge in [-0.15, -0.1) is 0 Å². The number of anilines is 2. The standard InChI is InChI=1S/C27H28FN3O2/c1-33-23-11-12-25-24(17-23)27(19-31(25)26(32)29-22-5-3-2-4-6-22)13-15-30(16-14-27)18-20-7-9-21(28)10-8-20/h2-12,17H,13-16,18-19H2,1H3,(H,29,32). The summed E-state index contributed by atoms with van der Waals surface area (Å²) in [5.41, 5.74) is 3.94. The Morgan fingerprint density at radius 3 is 2.45 bits per heavy atom. The predicted molar refractivity (Wildman–Crippen MR) is 128 cm³/mol. The maximum absolute atomic E-state index is 13.2. The summed E-state index contributed by atoms with van der Waals surface area (Å²) in [6.07, 6.45) is 1.90. The number of likely N-dealkylation sites (tertiary alicyclic amines) is 1. The smallest absolute Gasteiger partial charge is 0.326 e. The summed E-state index contributed by atoms with van der Waals surface area (Å²) in [6, 6.07) is 22.2. The molecule has 1 saturated heterocycles. The molecule has 0 aromatic heterocycles.